The van der Waals surface area contributed by atoms with E-state index >= 15 is 0 Å². The number of nitrogens with zero attached hydrogens (tertiary/aromatic N) is 1. The van der Waals surface area contributed by atoms with Gasteiger partial charge in [0, 0.05) is 18.0 Å². The van der Waals surface area contributed by atoms with Crippen LogP contribution in [0, 0.1) is 5.92 Å². The Morgan fingerprint density at radius 2 is 1.62 bits per heavy atom. The van der Waals surface area contributed by atoms with E-state index in [2.05, 4.69) is 36.9 Å². The van der Waals surface area contributed by atoms with E-state index in [1.54, 1.807) is 32.9 Å². The maximum atomic E-state index is 13.7. The van der Waals surface area contributed by atoms with E-state index < -0.39 is 106 Å². The van der Waals surface area contributed by atoms with Gasteiger partial charge in [-0.1, -0.05) is 39.3 Å². The smallest absolute Gasteiger partial charge is 0.290 e. The second-order valence-electron chi connectivity index (χ2n) is 13.0. The van der Waals surface area contributed by atoms with Crippen molar-refractivity contribution < 1.29 is 51.6 Å². The summed E-state index contributed by atoms with van der Waals surface area (Å²) in [6, 6.07) is -2.06. The topological polar surface area (TPSA) is 305 Å². The minimum Gasteiger partial charge on any atom is -0.508 e. The molecule has 0 unspecified atom stereocenters. The zero-order chi connectivity index (χ0) is 41.0. The number of nitrogens with one attached hydrogen (secondary N) is 6. The predicted octanol–water partition coefficient (Wildman–Crippen LogP) is -1.41. The van der Waals surface area contributed by atoms with Crippen molar-refractivity contribution in [1.29, 1.82) is 0 Å². The first kappa shape index (κ1) is 44.1. The molecule has 1 aromatic carbocycles. The average Bonchev–Trinajstić information content (AvgIpc) is 3.61. The fourth-order valence-electron chi connectivity index (χ4n) is 5.17. The number of phenols is 1. The van der Waals surface area contributed by atoms with Gasteiger partial charge in [-0.2, -0.15) is 8.42 Å². The first-order valence-electron chi connectivity index (χ1n) is 17.3. The molecular formula is C34H46N8O11S2. The van der Waals surface area contributed by atoms with Crippen LogP contribution in [0.25, 0.3) is 6.08 Å². The highest BCUT2D eigenvalue weighted by Crippen LogP contribution is 2.24. The lowest BCUT2D eigenvalue weighted by Crippen LogP contribution is -2.61. The number of ketones is 1. The highest BCUT2D eigenvalue weighted by molar-refractivity contribution is 7.85. The van der Waals surface area contributed by atoms with Crippen LogP contribution in [0.15, 0.2) is 35.7 Å². The number of hydrogen-bond acceptors (Lipinski definition) is 13. The van der Waals surface area contributed by atoms with Crippen LogP contribution in [-0.4, -0.2) is 107 Å². The Hall–Kier alpha value is -5.25. The minimum atomic E-state index is -4.85. The van der Waals surface area contributed by atoms with Gasteiger partial charge in [-0.25, -0.2) is 4.98 Å². The highest BCUT2D eigenvalue weighted by atomic mass is 32.2. The molecule has 21 heteroatoms. The Kier molecular flexibility index (Phi) is 16.0. The second-order valence-corrected chi connectivity index (χ2v) is 15.3. The Labute approximate surface area is 321 Å². The largest absolute Gasteiger partial charge is 0.508 e. The normalized spacial score (nSPS) is 24.0. The fraction of sp³-hybridized carbons (Fsp3) is 0.471. The second kappa shape index (κ2) is 19.9. The molecule has 0 aliphatic carbocycles. The monoisotopic (exact) mass is 806 g/mol. The van der Waals surface area contributed by atoms with Crippen LogP contribution in [0.3, 0.4) is 0 Å². The van der Waals surface area contributed by atoms with Gasteiger partial charge in [0.05, 0.1) is 23.8 Å². The summed E-state index contributed by atoms with van der Waals surface area (Å²) in [4.78, 5) is 97.5. The predicted molar refractivity (Wildman–Crippen MR) is 199 cm³/mol. The number of fused-ring (bicyclic) bond motifs is 2. The summed E-state index contributed by atoms with van der Waals surface area (Å²) in [5.41, 5.74) is 6.50. The first-order chi connectivity index (χ1) is 25.8. The third-order valence-electron chi connectivity index (χ3n) is 8.52. The Morgan fingerprint density at radius 3 is 2.22 bits per heavy atom. The Morgan fingerprint density at radius 1 is 0.945 bits per heavy atom. The molecule has 1 aliphatic heterocycles. The molecule has 1 aliphatic rings. The molecule has 55 heavy (non-hydrogen) atoms. The molecule has 10 N–H and O–H groups in total. The van der Waals surface area contributed by atoms with Gasteiger partial charge in [0.2, 0.25) is 35.3 Å². The highest BCUT2D eigenvalue weighted by Gasteiger charge is 2.36. The summed E-state index contributed by atoms with van der Waals surface area (Å²) >= 11 is 1.08. The van der Waals surface area contributed by atoms with Gasteiger partial charge >= 0.3 is 0 Å². The van der Waals surface area contributed by atoms with Gasteiger partial charge in [-0.05, 0) is 49.5 Å². The fourth-order valence-corrected chi connectivity index (χ4v) is 6.66. The molecule has 7 atom stereocenters. The molecule has 2 heterocycles. The van der Waals surface area contributed by atoms with Crippen molar-refractivity contribution in [3.63, 3.8) is 0 Å². The number of phenolic OH excluding ortho intramolecular Hbond substituents is 1. The lowest BCUT2D eigenvalue weighted by atomic mass is 9.94. The van der Waals surface area contributed by atoms with E-state index in [9.17, 15) is 51.6 Å². The molecular weight excluding hydrogens is 761 g/mol. The summed E-state index contributed by atoms with van der Waals surface area (Å²) in [5, 5.41) is 26.1. The van der Waals surface area contributed by atoms with E-state index in [-0.39, 0.29) is 24.3 Å². The van der Waals surface area contributed by atoms with Crippen molar-refractivity contribution >= 4 is 68.8 Å². The molecule has 19 nitrogen and oxygen atoms in total. The van der Waals surface area contributed by atoms with E-state index in [0.717, 1.165) is 17.4 Å². The van der Waals surface area contributed by atoms with Crippen LogP contribution in [-0.2, 0) is 50.1 Å². The molecule has 0 saturated carbocycles. The Bertz CT molecular complexity index is 1880. The van der Waals surface area contributed by atoms with Crippen LogP contribution in [0.5, 0.6) is 5.75 Å². The lowest BCUT2D eigenvalue weighted by Gasteiger charge is -2.27. The number of carbonyl (C=O) groups is 7. The number of nitrogens with two attached hydrogens (primary N) is 1. The first-order valence-corrected chi connectivity index (χ1v) is 19.8. The molecule has 6 amide bonds. The quantitative estimate of drug-likeness (QED) is 0.104. The SMILES string of the molecule is CC[C@@H]1NC(=O)[C@@H](NC(=O)[C@H](C)N)CNC(=O)[C@H](CS(=O)(=O)O)NC(=O)/C=C/c2csc(n2)[C@H](Cc2ccc(O)cc2)NC(=O)C(=O)[C@H]([C@@H](C)CC)NC1=O. The van der Waals surface area contributed by atoms with Crippen molar-refractivity contribution in [2.45, 2.75) is 83.2 Å². The molecule has 1 aromatic heterocycles. The van der Waals surface area contributed by atoms with Crippen molar-refractivity contribution in [3.8, 4) is 5.75 Å². The maximum Gasteiger partial charge on any atom is 0.290 e. The summed E-state index contributed by atoms with van der Waals surface area (Å²) in [6.07, 6.45) is 2.62. The molecule has 300 valence electrons. The standard InChI is InChI=1S/C34H46N8O11S2/c1-5-17(3)27-28(45)33(50)40-23(13-19-7-10-21(43)11-8-19)34-37-20(15-54-34)9-12-26(44)38-25(16-55(51,52)53)30(47)36-14-24(41-29(46)18(4)35)32(49)39-22(6-2)31(48)42-27/h7-12,15,17-18,22-25,27,43H,5-6,13-14,16,35H2,1-4H3,(H,36,47)(H,38,44)(H,39,49)(H,40,50)(H,41,46)(H,42,48)(H,51,52,53)/b12-9+/t17-,18-,22-,23-,24-,25-,27-/m0/s1. The molecule has 3 rings (SSSR count). The number of thiazole rings is 1. The van der Waals surface area contributed by atoms with Crippen molar-refractivity contribution in [2.75, 3.05) is 12.3 Å². The molecule has 0 fully saturated rings. The summed E-state index contributed by atoms with van der Waals surface area (Å²) in [7, 11) is -4.85. The zero-order valence-corrected chi connectivity index (χ0v) is 32.2. The lowest BCUT2D eigenvalue weighted by molar-refractivity contribution is -0.141. The van der Waals surface area contributed by atoms with Crippen LogP contribution in [0.2, 0.25) is 0 Å². The van der Waals surface area contributed by atoms with Gasteiger partial charge in [0.1, 0.15) is 34.6 Å². The average molecular weight is 807 g/mol. The van der Waals surface area contributed by atoms with E-state index in [0.29, 0.717) is 17.0 Å². The van der Waals surface area contributed by atoms with Gasteiger partial charge in [0.25, 0.3) is 16.0 Å². The molecule has 0 saturated heterocycles. The van der Waals surface area contributed by atoms with Crippen LogP contribution >= 0.6 is 11.3 Å². The maximum absolute atomic E-state index is 13.7. The number of rotatable bonds is 9. The van der Waals surface area contributed by atoms with Gasteiger partial charge in [-0.15, -0.1) is 11.3 Å². The van der Waals surface area contributed by atoms with Crippen molar-refractivity contribution in [2.24, 2.45) is 11.7 Å². The van der Waals surface area contributed by atoms with Gasteiger partial charge in [0.15, 0.2) is 0 Å². The van der Waals surface area contributed by atoms with Crippen LogP contribution in [0.4, 0.5) is 0 Å². The van der Waals surface area contributed by atoms with Gasteiger partial charge in [-0.3, -0.25) is 38.1 Å². The van der Waals surface area contributed by atoms with Crippen LogP contribution in [0.1, 0.15) is 62.8 Å². The molecule has 2 aromatic rings. The number of benzene rings is 1. The number of amides is 6. The molecule has 0 spiro atoms. The summed E-state index contributed by atoms with van der Waals surface area (Å²) in [6.45, 7) is 5.59. The molecule has 2 bridgehead atoms. The number of Topliss-reactive ketones (excluding diaryl/α,β-unsaturated/α-hetero) is 1. The number of carbonyl (C=O) groups excluding carboxylic acids is 7. The molecule has 0 radical (unpaired) electrons. The zero-order valence-electron chi connectivity index (χ0n) is 30.5. The van der Waals surface area contributed by atoms with Crippen LogP contribution < -0.4 is 37.6 Å². The minimum absolute atomic E-state index is 0.000832. The summed E-state index contributed by atoms with van der Waals surface area (Å²) < 4.78 is 33.1. The van der Waals surface area contributed by atoms with Crippen molar-refractivity contribution in [3.05, 3.63) is 52.0 Å². The Balaban J connectivity index is 2.09. The third-order valence-corrected chi connectivity index (χ3v) is 10.3. The summed E-state index contributed by atoms with van der Waals surface area (Å²) in [5.74, 6) is -8.61. The van der Waals surface area contributed by atoms with Crippen molar-refractivity contribution in [1.82, 2.24) is 36.9 Å². The van der Waals surface area contributed by atoms with E-state index in [1.807, 2.05) is 0 Å². The number of aromatic nitrogens is 1. The third kappa shape index (κ3) is 13.5. The number of aromatic hydroxyl groups is 1. The number of hydrogen-bond donors (Lipinski definition) is 9. The van der Waals surface area contributed by atoms with E-state index in [1.165, 1.54) is 30.5 Å². The van der Waals surface area contributed by atoms with E-state index in [4.69, 9.17) is 5.73 Å². The van der Waals surface area contributed by atoms with Gasteiger partial charge < -0.3 is 42.7 Å².